The van der Waals surface area contributed by atoms with E-state index in [-0.39, 0.29) is 11.5 Å². The maximum atomic E-state index is 13.0. The smallest absolute Gasteiger partial charge is 0.279 e. The van der Waals surface area contributed by atoms with E-state index in [0.29, 0.717) is 10.2 Å². The molecule has 4 aromatic rings. The highest BCUT2D eigenvalue weighted by Gasteiger charge is 2.21. The van der Waals surface area contributed by atoms with Crippen LogP contribution in [0.15, 0.2) is 53.3 Å². The summed E-state index contributed by atoms with van der Waals surface area (Å²) >= 11 is 1.41. The van der Waals surface area contributed by atoms with Gasteiger partial charge in [0.25, 0.3) is 5.56 Å². The fraction of sp³-hybridized carbons (Fsp3) is 0.217. The zero-order chi connectivity index (χ0) is 21.4. The van der Waals surface area contributed by atoms with Gasteiger partial charge >= 0.3 is 0 Å². The Morgan fingerprint density at radius 1 is 1.07 bits per heavy atom. The van der Waals surface area contributed by atoms with Crippen molar-refractivity contribution in [2.24, 2.45) is 0 Å². The molecule has 6 nitrogen and oxygen atoms in total. The number of benzene rings is 2. The summed E-state index contributed by atoms with van der Waals surface area (Å²) in [6.07, 6.45) is 0. The fourth-order valence-electron chi connectivity index (χ4n) is 3.58. The van der Waals surface area contributed by atoms with Crippen LogP contribution in [-0.4, -0.2) is 20.9 Å². The number of aromatic nitrogens is 3. The molecule has 0 aliphatic heterocycles. The first-order valence-electron chi connectivity index (χ1n) is 9.68. The molecule has 1 amide bonds. The molecule has 0 fully saturated rings. The van der Waals surface area contributed by atoms with Gasteiger partial charge in [-0.05, 0) is 50.5 Å². The maximum absolute atomic E-state index is 13.0. The third-order valence-corrected chi connectivity index (χ3v) is 6.18. The summed E-state index contributed by atoms with van der Waals surface area (Å²) in [5.41, 5.74) is 4.55. The molecule has 1 N–H and O–H groups in total. The minimum absolute atomic E-state index is 0.306. The van der Waals surface area contributed by atoms with Crippen molar-refractivity contribution in [1.29, 1.82) is 0 Å². The fourth-order valence-corrected chi connectivity index (χ4v) is 4.55. The third kappa shape index (κ3) is 3.64. The van der Waals surface area contributed by atoms with Gasteiger partial charge in [-0.2, -0.15) is 4.68 Å². The number of nitrogens with zero attached hydrogens (tertiary/aromatic N) is 3. The van der Waals surface area contributed by atoms with E-state index in [9.17, 15) is 9.59 Å². The molecule has 0 saturated heterocycles. The molecule has 7 heteroatoms. The summed E-state index contributed by atoms with van der Waals surface area (Å²) in [6, 6.07) is 14.9. The molecular weight excluding hydrogens is 396 g/mol. The number of anilines is 1. The average molecular weight is 419 g/mol. The molecule has 1 atom stereocenters. The van der Waals surface area contributed by atoms with Crippen LogP contribution in [0, 0.1) is 20.8 Å². The van der Waals surface area contributed by atoms with E-state index >= 15 is 0 Å². The second-order valence-corrected chi connectivity index (χ2v) is 8.50. The number of nitrogens with one attached hydrogen (secondary N) is 1. The first-order valence-corrected chi connectivity index (χ1v) is 10.5. The van der Waals surface area contributed by atoms with Gasteiger partial charge in [-0.25, -0.2) is 0 Å². The number of rotatable bonds is 4. The van der Waals surface area contributed by atoms with Crippen molar-refractivity contribution in [3.05, 3.63) is 75.6 Å². The SMILES string of the molecule is Cc1cc(C)c(NC(=O)[C@@H](C)n2nnc3sc(-c4ccccc4)cc3c2=O)c(C)c1. The van der Waals surface area contributed by atoms with Crippen LogP contribution in [0.5, 0.6) is 0 Å². The number of fused-ring (bicyclic) bond motifs is 1. The predicted octanol–water partition coefficient (Wildman–Crippen LogP) is 4.64. The van der Waals surface area contributed by atoms with Gasteiger partial charge in [0.2, 0.25) is 5.91 Å². The van der Waals surface area contributed by atoms with Crippen LogP contribution in [0.25, 0.3) is 20.7 Å². The summed E-state index contributed by atoms with van der Waals surface area (Å²) in [6.45, 7) is 7.58. The zero-order valence-electron chi connectivity index (χ0n) is 17.3. The van der Waals surface area contributed by atoms with E-state index in [0.717, 1.165) is 37.5 Å². The summed E-state index contributed by atoms with van der Waals surface area (Å²) < 4.78 is 1.15. The lowest BCUT2D eigenvalue weighted by atomic mass is 10.0. The van der Waals surface area contributed by atoms with Crippen molar-refractivity contribution < 1.29 is 4.79 Å². The number of carbonyl (C=O) groups is 1. The van der Waals surface area contributed by atoms with Crippen molar-refractivity contribution in [1.82, 2.24) is 15.0 Å². The van der Waals surface area contributed by atoms with Crippen LogP contribution in [0.3, 0.4) is 0 Å². The number of thiophene rings is 1. The lowest BCUT2D eigenvalue weighted by molar-refractivity contribution is -0.119. The molecule has 2 aromatic carbocycles. The van der Waals surface area contributed by atoms with Crippen LogP contribution < -0.4 is 10.9 Å². The van der Waals surface area contributed by atoms with Gasteiger partial charge < -0.3 is 5.32 Å². The first-order chi connectivity index (χ1) is 14.3. The average Bonchev–Trinajstić information content (AvgIpc) is 3.16. The standard InChI is InChI=1S/C23H22N4O2S/c1-13-10-14(2)20(15(3)11-13)24-21(28)16(4)27-23(29)18-12-19(30-22(18)25-26-27)17-8-6-5-7-9-17/h5-12,16H,1-4H3,(H,24,28)/t16-/m1/s1. The summed E-state index contributed by atoms with van der Waals surface area (Å²) in [5, 5.41) is 11.7. The molecule has 30 heavy (non-hydrogen) atoms. The Balaban J connectivity index is 1.66. The number of amides is 1. The van der Waals surface area contributed by atoms with Crippen molar-refractivity contribution in [3.8, 4) is 10.4 Å². The van der Waals surface area contributed by atoms with E-state index < -0.39 is 6.04 Å². The second kappa shape index (κ2) is 7.84. The number of carbonyl (C=O) groups excluding carboxylic acids is 1. The number of hydrogen-bond donors (Lipinski definition) is 1. The van der Waals surface area contributed by atoms with Crippen molar-refractivity contribution in [2.75, 3.05) is 5.32 Å². The predicted molar refractivity (Wildman–Crippen MR) is 121 cm³/mol. The molecule has 0 saturated carbocycles. The monoisotopic (exact) mass is 418 g/mol. The number of hydrogen-bond acceptors (Lipinski definition) is 5. The van der Waals surface area contributed by atoms with Gasteiger partial charge in [0.1, 0.15) is 6.04 Å². The molecule has 4 rings (SSSR count). The Hall–Kier alpha value is -3.32. The molecule has 2 aromatic heterocycles. The Morgan fingerprint density at radius 3 is 2.40 bits per heavy atom. The van der Waals surface area contributed by atoms with Gasteiger partial charge in [0, 0.05) is 10.6 Å². The zero-order valence-corrected chi connectivity index (χ0v) is 18.1. The molecule has 0 aliphatic rings. The molecule has 2 heterocycles. The van der Waals surface area contributed by atoms with Crippen LogP contribution in [0.4, 0.5) is 5.69 Å². The summed E-state index contributed by atoms with van der Waals surface area (Å²) in [4.78, 5) is 27.4. The molecule has 0 radical (unpaired) electrons. The molecular formula is C23H22N4O2S. The van der Waals surface area contributed by atoms with Crippen molar-refractivity contribution in [3.63, 3.8) is 0 Å². The molecule has 0 bridgehead atoms. The highest BCUT2D eigenvalue weighted by molar-refractivity contribution is 7.21. The summed E-state index contributed by atoms with van der Waals surface area (Å²) in [7, 11) is 0. The van der Waals surface area contributed by atoms with Crippen LogP contribution in [0.1, 0.15) is 29.7 Å². The molecule has 0 aliphatic carbocycles. The lowest BCUT2D eigenvalue weighted by Crippen LogP contribution is -2.34. The Morgan fingerprint density at radius 2 is 1.73 bits per heavy atom. The second-order valence-electron chi connectivity index (χ2n) is 7.47. The van der Waals surface area contributed by atoms with Gasteiger partial charge in [-0.3, -0.25) is 9.59 Å². The minimum atomic E-state index is -0.797. The van der Waals surface area contributed by atoms with E-state index in [1.807, 2.05) is 69.3 Å². The van der Waals surface area contributed by atoms with Gasteiger partial charge in [-0.15, -0.1) is 16.4 Å². The third-order valence-electron chi connectivity index (χ3n) is 5.11. The van der Waals surface area contributed by atoms with Crippen LogP contribution in [0.2, 0.25) is 0 Å². The molecule has 152 valence electrons. The van der Waals surface area contributed by atoms with E-state index in [2.05, 4.69) is 15.6 Å². The van der Waals surface area contributed by atoms with Gasteiger partial charge in [0.05, 0.1) is 5.39 Å². The largest absolute Gasteiger partial charge is 0.324 e. The van der Waals surface area contributed by atoms with Crippen LogP contribution in [-0.2, 0) is 4.79 Å². The Kier molecular flexibility index (Phi) is 5.22. The molecule has 0 unspecified atom stereocenters. The highest BCUT2D eigenvalue weighted by atomic mass is 32.1. The van der Waals surface area contributed by atoms with E-state index in [1.165, 1.54) is 11.3 Å². The first kappa shape index (κ1) is 20.0. The lowest BCUT2D eigenvalue weighted by Gasteiger charge is -2.16. The van der Waals surface area contributed by atoms with Crippen LogP contribution >= 0.6 is 11.3 Å². The van der Waals surface area contributed by atoms with Gasteiger partial charge in [-0.1, -0.05) is 53.2 Å². The number of aryl methyl sites for hydroxylation is 3. The van der Waals surface area contributed by atoms with E-state index in [1.54, 1.807) is 6.92 Å². The quantitative estimate of drug-likeness (QED) is 0.524. The highest BCUT2D eigenvalue weighted by Crippen LogP contribution is 2.30. The topological polar surface area (TPSA) is 76.9 Å². The van der Waals surface area contributed by atoms with E-state index in [4.69, 9.17) is 0 Å². The minimum Gasteiger partial charge on any atom is -0.324 e. The summed E-state index contributed by atoms with van der Waals surface area (Å²) in [5.74, 6) is -0.306. The van der Waals surface area contributed by atoms with Gasteiger partial charge in [0.15, 0.2) is 4.83 Å². The van der Waals surface area contributed by atoms with Crippen molar-refractivity contribution in [2.45, 2.75) is 33.7 Å². The van der Waals surface area contributed by atoms with Crippen molar-refractivity contribution >= 4 is 33.1 Å². The Bertz CT molecular complexity index is 1290. The Labute approximate surface area is 178 Å². The molecule has 0 spiro atoms. The maximum Gasteiger partial charge on any atom is 0.279 e. The normalized spacial score (nSPS) is 12.1.